The van der Waals surface area contributed by atoms with E-state index in [0.29, 0.717) is 5.88 Å². The summed E-state index contributed by atoms with van der Waals surface area (Å²) >= 11 is 0. The van der Waals surface area contributed by atoms with E-state index in [0.717, 1.165) is 37.4 Å². The van der Waals surface area contributed by atoms with E-state index in [1.54, 1.807) is 6.20 Å². The van der Waals surface area contributed by atoms with Crippen molar-refractivity contribution in [1.29, 1.82) is 0 Å². The fourth-order valence-corrected chi connectivity index (χ4v) is 2.03. The minimum atomic E-state index is 0.630. The Morgan fingerprint density at radius 3 is 2.85 bits per heavy atom. The van der Waals surface area contributed by atoms with Gasteiger partial charge in [-0.15, -0.1) is 0 Å². The number of hydrogen-bond donors (Lipinski definition) is 1. The average molecular weight is 274 g/mol. The van der Waals surface area contributed by atoms with Crippen molar-refractivity contribution in [1.82, 2.24) is 20.1 Å². The lowest BCUT2D eigenvalue weighted by Crippen LogP contribution is -2.06. The number of aromatic nitrogens is 3. The molecule has 5 nitrogen and oxygen atoms in total. The lowest BCUT2D eigenvalue weighted by Gasteiger charge is -2.07. The molecule has 0 bridgehead atoms. The number of aryl methyl sites for hydroxylation is 2. The first kappa shape index (κ1) is 14.5. The Hall–Kier alpha value is -1.88. The number of nitrogens with one attached hydrogen (secondary N) is 1. The second kappa shape index (κ2) is 7.05. The van der Waals surface area contributed by atoms with Crippen LogP contribution in [0.5, 0.6) is 11.6 Å². The smallest absolute Gasteiger partial charge is 0.219 e. The molecule has 5 heteroatoms. The van der Waals surface area contributed by atoms with Crippen molar-refractivity contribution in [2.45, 2.75) is 39.8 Å². The summed E-state index contributed by atoms with van der Waals surface area (Å²) in [5.41, 5.74) is 2.21. The van der Waals surface area contributed by atoms with Gasteiger partial charge in [0.15, 0.2) is 5.75 Å². The molecule has 0 fully saturated rings. The molecule has 0 radical (unpaired) electrons. The SMILES string of the molecule is CCCn1cc(Oc2cc(CNC)cc(CC)n2)cn1. The second-order valence-electron chi connectivity index (χ2n) is 4.73. The van der Waals surface area contributed by atoms with Crippen molar-refractivity contribution in [2.24, 2.45) is 0 Å². The van der Waals surface area contributed by atoms with E-state index < -0.39 is 0 Å². The first-order valence-corrected chi connectivity index (χ1v) is 7.10. The van der Waals surface area contributed by atoms with Gasteiger partial charge >= 0.3 is 0 Å². The molecule has 0 unspecified atom stereocenters. The van der Waals surface area contributed by atoms with Crippen LogP contribution < -0.4 is 10.1 Å². The number of pyridine rings is 1. The van der Waals surface area contributed by atoms with Gasteiger partial charge in [0.1, 0.15) is 0 Å². The third-order valence-electron chi connectivity index (χ3n) is 2.94. The van der Waals surface area contributed by atoms with Crippen molar-refractivity contribution in [3.63, 3.8) is 0 Å². The van der Waals surface area contributed by atoms with E-state index in [2.05, 4.69) is 35.3 Å². The van der Waals surface area contributed by atoms with Crippen LogP contribution in [0, 0.1) is 0 Å². The molecule has 0 aromatic carbocycles. The predicted molar refractivity (Wildman–Crippen MR) is 79.0 cm³/mol. The number of ether oxygens (including phenoxy) is 1. The molecular formula is C15H22N4O. The third-order valence-corrected chi connectivity index (χ3v) is 2.94. The molecule has 2 aromatic heterocycles. The summed E-state index contributed by atoms with van der Waals surface area (Å²) in [6.07, 6.45) is 5.58. The van der Waals surface area contributed by atoms with Crippen LogP contribution in [0.2, 0.25) is 0 Å². The monoisotopic (exact) mass is 274 g/mol. The molecule has 20 heavy (non-hydrogen) atoms. The summed E-state index contributed by atoms with van der Waals surface area (Å²) in [5.74, 6) is 1.36. The van der Waals surface area contributed by atoms with Crippen LogP contribution in [0.25, 0.3) is 0 Å². The lowest BCUT2D eigenvalue weighted by atomic mass is 10.2. The summed E-state index contributed by atoms with van der Waals surface area (Å²) in [4.78, 5) is 4.50. The molecular weight excluding hydrogens is 252 g/mol. The highest BCUT2D eigenvalue weighted by Gasteiger charge is 2.06. The van der Waals surface area contributed by atoms with Crippen molar-refractivity contribution >= 4 is 0 Å². The average Bonchev–Trinajstić information content (AvgIpc) is 2.86. The van der Waals surface area contributed by atoms with Gasteiger partial charge in [0.2, 0.25) is 5.88 Å². The zero-order chi connectivity index (χ0) is 14.4. The van der Waals surface area contributed by atoms with Gasteiger partial charge in [-0.1, -0.05) is 13.8 Å². The van der Waals surface area contributed by atoms with Crippen LogP contribution >= 0.6 is 0 Å². The Labute approximate surface area is 120 Å². The molecule has 2 rings (SSSR count). The zero-order valence-corrected chi connectivity index (χ0v) is 12.4. The summed E-state index contributed by atoms with van der Waals surface area (Å²) in [7, 11) is 1.93. The second-order valence-corrected chi connectivity index (χ2v) is 4.73. The molecule has 0 aliphatic heterocycles. The van der Waals surface area contributed by atoms with Crippen molar-refractivity contribution in [3.8, 4) is 11.6 Å². The molecule has 0 spiro atoms. The summed E-state index contributed by atoms with van der Waals surface area (Å²) in [6.45, 7) is 5.92. The van der Waals surface area contributed by atoms with Crippen molar-refractivity contribution in [2.75, 3.05) is 7.05 Å². The van der Waals surface area contributed by atoms with Gasteiger partial charge in [-0.25, -0.2) is 4.98 Å². The Morgan fingerprint density at radius 2 is 2.15 bits per heavy atom. The Bertz CT molecular complexity index is 551. The van der Waals surface area contributed by atoms with Crippen LogP contribution in [0.3, 0.4) is 0 Å². The molecule has 108 valence electrons. The molecule has 0 aliphatic rings. The van der Waals surface area contributed by atoms with Gasteiger partial charge in [-0.05, 0) is 31.5 Å². The molecule has 0 saturated carbocycles. The number of nitrogens with zero attached hydrogens (tertiary/aromatic N) is 3. The molecule has 0 atom stereocenters. The maximum Gasteiger partial charge on any atom is 0.219 e. The van der Waals surface area contributed by atoms with Crippen molar-refractivity contribution < 1.29 is 4.74 Å². The third kappa shape index (κ3) is 3.81. The maximum absolute atomic E-state index is 5.81. The van der Waals surface area contributed by atoms with Crippen LogP contribution in [-0.4, -0.2) is 21.8 Å². The molecule has 1 N–H and O–H groups in total. The molecule has 0 aliphatic carbocycles. The molecule has 0 amide bonds. The standard InChI is InChI=1S/C15H22N4O/c1-4-6-19-11-14(10-17-19)20-15-8-12(9-16-3)7-13(5-2)18-15/h7-8,10-11,16H,4-6,9H2,1-3H3. The van der Waals surface area contributed by atoms with Crippen LogP contribution in [-0.2, 0) is 19.5 Å². The van der Waals surface area contributed by atoms with E-state index >= 15 is 0 Å². The fraction of sp³-hybridized carbons (Fsp3) is 0.467. The molecule has 0 saturated heterocycles. The van der Waals surface area contributed by atoms with E-state index in [1.165, 1.54) is 5.56 Å². The first-order chi connectivity index (χ1) is 9.75. The van der Waals surface area contributed by atoms with Gasteiger partial charge in [0, 0.05) is 24.8 Å². The predicted octanol–water partition coefficient (Wildman–Crippen LogP) is 2.76. The first-order valence-electron chi connectivity index (χ1n) is 7.10. The summed E-state index contributed by atoms with van der Waals surface area (Å²) in [6, 6.07) is 4.07. The van der Waals surface area contributed by atoms with Crippen LogP contribution in [0.4, 0.5) is 0 Å². The minimum Gasteiger partial charge on any atom is -0.436 e. The molecule has 2 aromatic rings. The minimum absolute atomic E-state index is 0.630. The number of hydrogen-bond acceptors (Lipinski definition) is 4. The quantitative estimate of drug-likeness (QED) is 0.843. The Kier molecular flexibility index (Phi) is 5.12. The summed E-state index contributed by atoms with van der Waals surface area (Å²) in [5, 5.41) is 7.40. The molecule has 2 heterocycles. The van der Waals surface area contributed by atoms with Gasteiger partial charge in [0.05, 0.1) is 12.4 Å². The van der Waals surface area contributed by atoms with E-state index in [9.17, 15) is 0 Å². The van der Waals surface area contributed by atoms with Crippen LogP contribution in [0.15, 0.2) is 24.5 Å². The van der Waals surface area contributed by atoms with E-state index in [-0.39, 0.29) is 0 Å². The van der Waals surface area contributed by atoms with Crippen molar-refractivity contribution in [3.05, 3.63) is 35.8 Å². The topological polar surface area (TPSA) is 52.0 Å². The Balaban J connectivity index is 2.16. The Morgan fingerprint density at radius 1 is 1.30 bits per heavy atom. The van der Waals surface area contributed by atoms with Crippen LogP contribution in [0.1, 0.15) is 31.5 Å². The highest BCUT2D eigenvalue weighted by molar-refractivity contribution is 5.28. The highest BCUT2D eigenvalue weighted by atomic mass is 16.5. The maximum atomic E-state index is 5.81. The fourth-order valence-electron chi connectivity index (χ4n) is 2.03. The van der Waals surface area contributed by atoms with E-state index in [4.69, 9.17) is 4.74 Å². The van der Waals surface area contributed by atoms with E-state index in [1.807, 2.05) is 24.0 Å². The largest absolute Gasteiger partial charge is 0.436 e. The lowest BCUT2D eigenvalue weighted by molar-refractivity contribution is 0.458. The number of rotatable bonds is 7. The van der Waals surface area contributed by atoms with Gasteiger partial charge in [0.25, 0.3) is 0 Å². The zero-order valence-electron chi connectivity index (χ0n) is 12.4. The summed E-state index contributed by atoms with van der Waals surface area (Å²) < 4.78 is 7.70. The normalized spacial score (nSPS) is 10.8. The highest BCUT2D eigenvalue weighted by Crippen LogP contribution is 2.21. The van der Waals surface area contributed by atoms with Gasteiger partial charge in [-0.3, -0.25) is 4.68 Å². The van der Waals surface area contributed by atoms with Gasteiger partial charge in [-0.2, -0.15) is 5.10 Å². The van der Waals surface area contributed by atoms with Gasteiger partial charge < -0.3 is 10.1 Å².